The number of hydrogen-bond donors (Lipinski definition) is 0. The maximum Gasteiger partial charge on any atom is 0.141 e. The molecule has 1 aliphatic carbocycles. The summed E-state index contributed by atoms with van der Waals surface area (Å²) in [5, 5.41) is 1.36. The predicted octanol–water partition coefficient (Wildman–Crippen LogP) is 3.18. The van der Waals surface area contributed by atoms with E-state index in [4.69, 9.17) is 14.7 Å². The van der Waals surface area contributed by atoms with Crippen LogP contribution in [-0.4, -0.2) is 60.3 Å². The van der Waals surface area contributed by atoms with Crippen LogP contribution in [0.25, 0.3) is 10.2 Å². The highest BCUT2D eigenvalue weighted by Gasteiger charge is 2.27. The number of thiophene rings is 1. The Morgan fingerprint density at radius 1 is 1.08 bits per heavy atom. The van der Waals surface area contributed by atoms with Crippen molar-refractivity contribution in [1.29, 1.82) is 0 Å². The van der Waals surface area contributed by atoms with Crippen molar-refractivity contribution in [2.75, 3.05) is 44.2 Å². The van der Waals surface area contributed by atoms with Gasteiger partial charge >= 0.3 is 0 Å². The highest BCUT2D eigenvalue weighted by Crippen LogP contribution is 2.39. The van der Waals surface area contributed by atoms with E-state index in [-0.39, 0.29) is 0 Å². The predicted molar refractivity (Wildman–Crippen MR) is 106 cm³/mol. The molecular weight excluding hydrogens is 344 g/mol. The van der Waals surface area contributed by atoms with Gasteiger partial charge in [0.1, 0.15) is 16.5 Å². The molecule has 0 amide bonds. The Hall–Kier alpha value is -1.24. The average molecular weight is 373 g/mol. The summed E-state index contributed by atoms with van der Waals surface area (Å²) in [6, 6.07) is 0. The molecule has 0 bridgehead atoms. The monoisotopic (exact) mass is 372 g/mol. The summed E-state index contributed by atoms with van der Waals surface area (Å²) in [5.41, 5.74) is 1.55. The van der Waals surface area contributed by atoms with Gasteiger partial charge in [0.15, 0.2) is 0 Å². The SMILES string of the molecule is Cc1nc(N2CCN(C[C@@H]3CCCO3)CC2)c2c3c(sc2n1)CCCC3. The van der Waals surface area contributed by atoms with E-state index < -0.39 is 0 Å². The Balaban J connectivity index is 1.38. The van der Waals surface area contributed by atoms with Crippen LogP contribution in [0, 0.1) is 6.92 Å². The van der Waals surface area contributed by atoms with Crippen LogP contribution in [0.5, 0.6) is 0 Å². The van der Waals surface area contributed by atoms with Crippen molar-refractivity contribution in [2.24, 2.45) is 0 Å². The van der Waals surface area contributed by atoms with Gasteiger partial charge in [-0.25, -0.2) is 9.97 Å². The van der Waals surface area contributed by atoms with Crippen LogP contribution in [0.2, 0.25) is 0 Å². The molecule has 26 heavy (non-hydrogen) atoms. The van der Waals surface area contributed by atoms with Crippen LogP contribution in [-0.2, 0) is 17.6 Å². The standard InChI is InChI=1S/C20H28N4OS/c1-14-21-19(18-16-6-2-3-7-17(16)26-20(18)22-14)24-10-8-23(9-11-24)13-15-5-4-12-25-15/h15H,2-13H2,1H3/t15-/m0/s1. The Labute approximate surface area is 159 Å². The molecule has 0 N–H and O–H groups in total. The van der Waals surface area contributed by atoms with Crippen LogP contribution in [0.15, 0.2) is 0 Å². The molecular formula is C20H28N4OS. The molecule has 4 heterocycles. The van der Waals surface area contributed by atoms with Crippen LogP contribution in [0.1, 0.15) is 41.9 Å². The van der Waals surface area contributed by atoms with Gasteiger partial charge in [-0.15, -0.1) is 11.3 Å². The second-order valence-electron chi connectivity index (χ2n) is 7.91. The number of anilines is 1. The molecule has 0 aromatic carbocycles. The van der Waals surface area contributed by atoms with E-state index in [0.717, 1.165) is 45.2 Å². The van der Waals surface area contributed by atoms with E-state index in [1.165, 1.54) is 54.6 Å². The minimum atomic E-state index is 0.457. The van der Waals surface area contributed by atoms with Gasteiger partial charge in [0.05, 0.1) is 11.5 Å². The Kier molecular flexibility index (Phi) is 4.59. The first-order valence-electron chi connectivity index (χ1n) is 10.2. The van der Waals surface area contributed by atoms with Crippen molar-refractivity contribution in [1.82, 2.24) is 14.9 Å². The van der Waals surface area contributed by atoms with E-state index in [1.54, 1.807) is 10.4 Å². The topological polar surface area (TPSA) is 41.5 Å². The van der Waals surface area contributed by atoms with E-state index >= 15 is 0 Å². The van der Waals surface area contributed by atoms with Crippen molar-refractivity contribution >= 4 is 27.4 Å². The summed E-state index contributed by atoms with van der Waals surface area (Å²) < 4.78 is 5.82. The lowest BCUT2D eigenvalue weighted by atomic mass is 9.97. The quantitative estimate of drug-likeness (QED) is 0.828. The molecule has 1 atom stereocenters. The van der Waals surface area contributed by atoms with Crippen molar-refractivity contribution in [3.8, 4) is 0 Å². The number of aromatic nitrogens is 2. The van der Waals surface area contributed by atoms with E-state index in [0.29, 0.717) is 6.10 Å². The second kappa shape index (κ2) is 7.06. The van der Waals surface area contributed by atoms with Gasteiger partial charge < -0.3 is 9.64 Å². The normalized spacial score (nSPS) is 24.3. The molecule has 3 aliphatic rings. The highest BCUT2D eigenvalue weighted by molar-refractivity contribution is 7.19. The maximum atomic E-state index is 5.82. The zero-order valence-corrected chi connectivity index (χ0v) is 16.5. The Morgan fingerprint density at radius 3 is 2.73 bits per heavy atom. The van der Waals surface area contributed by atoms with Crippen LogP contribution < -0.4 is 4.90 Å². The molecule has 0 saturated carbocycles. The fourth-order valence-corrected chi connectivity index (χ4v) is 5.99. The third-order valence-electron chi connectivity index (χ3n) is 6.07. The van der Waals surface area contributed by atoms with Gasteiger partial charge in [-0.2, -0.15) is 0 Å². The lowest BCUT2D eigenvalue weighted by molar-refractivity contribution is 0.0712. The average Bonchev–Trinajstić information content (AvgIpc) is 3.28. The van der Waals surface area contributed by atoms with Crippen LogP contribution in [0.3, 0.4) is 0 Å². The number of ether oxygens (including phenoxy) is 1. The number of aryl methyl sites for hydroxylation is 3. The van der Waals surface area contributed by atoms with Gasteiger partial charge in [-0.05, 0) is 51.0 Å². The van der Waals surface area contributed by atoms with Crippen molar-refractivity contribution < 1.29 is 4.74 Å². The number of piperazine rings is 1. The number of rotatable bonds is 3. The molecule has 0 radical (unpaired) electrons. The van der Waals surface area contributed by atoms with Crippen LogP contribution >= 0.6 is 11.3 Å². The molecule has 2 fully saturated rings. The third-order valence-corrected chi connectivity index (χ3v) is 7.25. The molecule has 6 heteroatoms. The molecule has 5 nitrogen and oxygen atoms in total. The van der Waals surface area contributed by atoms with E-state index in [1.807, 2.05) is 18.3 Å². The van der Waals surface area contributed by atoms with Gasteiger partial charge in [0.25, 0.3) is 0 Å². The van der Waals surface area contributed by atoms with Crippen molar-refractivity contribution in [3.63, 3.8) is 0 Å². The highest BCUT2D eigenvalue weighted by atomic mass is 32.1. The summed E-state index contributed by atoms with van der Waals surface area (Å²) in [4.78, 5) is 17.5. The molecule has 2 aliphatic heterocycles. The third kappa shape index (κ3) is 3.12. The maximum absolute atomic E-state index is 5.82. The molecule has 140 valence electrons. The zero-order valence-electron chi connectivity index (χ0n) is 15.7. The Morgan fingerprint density at radius 2 is 1.92 bits per heavy atom. The Bertz CT molecular complexity index is 791. The zero-order chi connectivity index (χ0) is 17.5. The second-order valence-corrected chi connectivity index (χ2v) is 8.99. The number of hydrogen-bond acceptors (Lipinski definition) is 6. The number of nitrogens with zero attached hydrogens (tertiary/aromatic N) is 4. The smallest absolute Gasteiger partial charge is 0.141 e. The summed E-state index contributed by atoms with van der Waals surface area (Å²) in [6.07, 6.45) is 7.97. The first kappa shape index (κ1) is 16.9. The van der Waals surface area contributed by atoms with Crippen molar-refractivity contribution in [2.45, 2.75) is 51.6 Å². The molecule has 0 unspecified atom stereocenters. The van der Waals surface area contributed by atoms with Gasteiger partial charge in [0.2, 0.25) is 0 Å². The minimum absolute atomic E-state index is 0.457. The number of fused-ring (bicyclic) bond motifs is 3. The summed E-state index contributed by atoms with van der Waals surface area (Å²) in [6.45, 7) is 8.42. The van der Waals surface area contributed by atoms with E-state index in [9.17, 15) is 0 Å². The largest absolute Gasteiger partial charge is 0.377 e. The lowest BCUT2D eigenvalue weighted by Crippen LogP contribution is -2.48. The summed E-state index contributed by atoms with van der Waals surface area (Å²) >= 11 is 1.91. The molecule has 0 spiro atoms. The fraction of sp³-hybridized carbons (Fsp3) is 0.700. The van der Waals surface area contributed by atoms with Gasteiger partial charge in [0, 0.05) is 44.2 Å². The lowest BCUT2D eigenvalue weighted by Gasteiger charge is -2.36. The van der Waals surface area contributed by atoms with Gasteiger partial charge in [-0.3, -0.25) is 4.90 Å². The van der Waals surface area contributed by atoms with Gasteiger partial charge in [-0.1, -0.05) is 0 Å². The first-order chi connectivity index (χ1) is 12.8. The molecule has 2 aromatic heterocycles. The van der Waals surface area contributed by atoms with E-state index in [2.05, 4.69) is 9.80 Å². The first-order valence-corrected chi connectivity index (χ1v) is 11.0. The summed E-state index contributed by atoms with van der Waals surface area (Å²) in [7, 11) is 0. The summed E-state index contributed by atoms with van der Waals surface area (Å²) in [5.74, 6) is 2.11. The fourth-order valence-electron chi connectivity index (χ4n) is 4.69. The molecule has 2 aromatic rings. The van der Waals surface area contributed by atoms with Crippen molar-refractivity contribution in [3.05, 3.63) is 16.3 Å². The minimum Gasteiger partial charge on any atom is -0.377 e. The van der Waals surface area contributed by atoms with Crippen LogP contribution in [0.4, 0.5) is 5.82 Å². The molecule has 2 saturated heterocycles. The molecule has 5 rings (SSSR count).